The third-order valence-electron chi connectivity index (χ3n) is 10.5. The maximum absolute atomic E-state index is 6.67. The number of nitrogens with zero attached hydrogens (tertiary/aromatic N) is 2. The van der Waals surface area contributed by atoms with E-state index in [9.17, 15) is 0 Å². The van der Waals surface area contributed by atoms with E-state index in [0.717, 1.165) is 55.6 Å². The van der Waals surface area contributed by atoms with Crippen molar-refractivity contribution in [3.8, 4) is 33.6 Å². The van der Waals surface area contributed by atoms with E-state index in [1.165, 1.54) is 43.6 Å². The van der Waals surface area contributed by atoms with Gasteiger partial charge in [0, 0.05) is 49.3 Å². The first-order valence-corrected chi connectivity index (χ1v) is 17.4. The fourth-order valence-corrected chi connectivity index (χ4v) is 8.33. The summed E-state index contributed by atoms with van der Waals surface area (Å²) in [6, 6.07) is 65.4. The SMILES string of the molecule is c1ccc(-n2c3ccccc3c3cc(-c4cc(-c5cccc6c7ccccc7n(-c7ccccc7)c56)cc5oc6ccccc6c45)ccc32)cc1. The second kappa shape index (κ2) is 10.8. The lowest BCUT2D eigenvalue weighted by atomic mass is 9.93. The van der Waals surface area contributed by atoms with Gasteiger partial charge in [-0.05, 0) is 83.4 Å². The molecule has 238 valence electrons. The van der Waals surface area contributed by atoms with Crippen LogP contribution in [-0.4, -0.2) is 9.13 Å². The number of benzene rings is 8. The molecule has 0 spiro atoms. The minimum atomic E-state index is 0.884. The fourth-order valence-electron chi connectivity index (χ4n) is 8.33. The second-order valence-corrected chi connectivity index (χ2v) is 13.3. The lowest BCUT2D eigenvalue weighted by Gasteiger charge is -2.14. The third-order valence-corrected chi connectivity index (χ3v) is 10.5. The van der Waals surface area contributed by atoms with Crippen molar-refractivity contribution in [2.24, 2.45) is 0 Å². The van der Waals surface area contributed by atoms with Crippen LogP contribution in [0.2, 0.25) is 0 Å². The Hall–Kier alpha value is -6.84. The summed E-state index contributed by atoms with van der Waals surface area (Å²) in [7, 11) is 0. The van der Waals surface area contributed by atoms with Gasteiger partial charge in [-0.3, -0.25) is 0 Å². The molecule has 0 fully saturated rings. The Morgan fingerprint density at radius 3 is 1.69 bits per heavy atom. The first kappa shape index (κ1) is 28.0. The smallest absolute Gasteiger partial charge is 0.136 e. The molecule has 0 saturated heterocycles. The highest BCUT2D eigenvalue weighted by Gasteiger charge is 2.21. The summed E-state index contributed by atoms with van der Waals surface area (Å²) >= 11 is 0. The molecule has 3 heteroatoms. The maximum Gasteiger partial charge on any atom is 0.136 e. The van der Waals surface area contributed by atoms with E-state index in [1.807, 2.05) is 0 Å². The van der Waals surface area contributed by atoms with Gasteiger partial charge in [0.25, 0.3) is 0 Å². The zero-order chi connectivity index (χ0) is 33.5. The minimum Gasteiger partial charge on any atom is -0.456 e. The molecule has 0 N–H and O–H groups in total. The molecule has 0 aliphatic rings. The van der Waals surface area contributed by atoms with Crippen LogP contribution >= 0.6 is 0 Å². The molecule has 0 atom stereocenters. The maximum atomic E-state index is 6.67. The Labute approximate surface area is 293 Å². The monoisotopic (exact) mass is 650 g/mol. The van der Waals surface area contributed by atoms with Crippen LogP contribution in [0.25, 0.3) is 99.2 Å². The van der Waals surface area contributed by atoms with Crippen molar-refractivity contribution < 1.29 is 4.42 Å². The first-order chi connectivity index (χ1) is 25.3. The van der Waals surface area contributed by atoms with Crippen molar-refractivity contribution in [3.05, 3.63) is 182 Å². The lowest BCUT2D eigenvalue weighted by molar-refractivity contribution is 0.669. The van der Waals surface area contributed by atoms with Crippen LogP contribution < -0.4 is 0 Å². The largest absolute Gasteiger partial charge is 0.456 e. The normalized spacial score (nSPS) is 11.9. The predicted molar refractivity (Wildman–Crippen MR) is 213 cm³/mol. The van der Waals surface area contributed by atoms with Crippen LogP contribution in [0, 0.1) is 0 Å². The highest BCUT2D eigenvalue weighted by atomic mass is 16.3. The molecule has 51 heavy (non-hydrogen) atoms. The molecule has 0 radical (unpaired) electrons. The van der Waals surface area contributed by atoms with E-state index >= 15 is 0 Å². The summed E-state index contributed by atoms with van der Waals surface area (Å²) in [5, 5.41) is 7.19. The molecular weight excluding hydrogens is 621 g/mol. The molecular formula is C48H30N2O. The standard InChI is InChI=1S/C48H30N2O/c1-3-14-33(15-4-1)49-42-23-10-8-19-37(42)41-28-31(26-27-44(41)49)40-29-32(30-46-47(40)39-20-9-12-25-45(39)51-46)35-21-13-22-38-36-18-7-11-24-43(36)50(48(35)38)34-16-5-2-6-17-34/h1-30H. The number of para-hydroxylation sites is 6. The number of rotatable bonds is 4. The second-order valence-electron chi connectivity index (χ2n) is 13.3. The van der Waals surface area contributed by atoms with E-state index in [-0.39, 0.29) is 0 Å². The van der Waals surface area contributed by atoms with Crippen molar-refractivity contribution >= 4 is 65.6 Å². The van der Waals surface area contributed by atoms with Crippen LogP contribution in [-0.2, 0) is 0 Å². The molecule has 3 aromatic heterocycles. The summed E-state index contributed by atoms with van der Waals surface area (Å²) in [6.07, 6.45) is 0. The van der Waals surface area contributed by atoms with E-state index in [1.54, 1.807) is 0 Å². The average Bonchev–Trinajstić information content (AvgIpc) is 3.86. The van der Waals surface area contributed by atoms with E-state index in [0.29, 0.717) is 0 Å². The summed E-state index contributed by atoms with van der Waals surface area (Å²) in [6.45, 7) is 0. The van der Waals surface area contributed by atoms with Crippen LogP contribution in [0.3, 0.4) is 0 Å². The van der Waals surface area contributed by atoms with Gasteiger partial charge in [-0.15, -0.1) is 0 Å². The van der Waals surface area contributed by atoms with E-state index in [2.05, 4.69) is 191 Å². The Balaban J connectivity index is 1.23. The fraction of sp³-hybridized carbons (Fsp3) is 0. The van der Waals surface area contributed by atoms with Crippen molar-refractivity contribution in [2.75, 3.05) is 0 Å². The molecule has 3 nitrogen and oxygen atoms in total. The van der Waals surface area contributed by atoms with Gasteiger partial charge in [0.05, 0.1) is 22.1 Å². The Morgan fingerprint density at radius 1 is 0.333 bits per heavy atom. The highest BCUT2D eigenvalue weighted by Crippen LogP contribution is 2.44. The number of hydrogen-bond acceptors (Lipinski definition) is 1. The molecule has 0 bridgehead atoms. The van der Waals surface area contributed by atoms with Gasteiger partial charge < -0.3 is 13.6 Å². The quantitative estimate of drug-likeness (QED) is 0.186. The van der Waals surface area contributed by atoms with Gasteiger partial charge >= 0.3 is 0 Å². The van der Waals surface area contributed by atoms with Crippen molar-refractivity contribution in [3.63, 3.8) is 0 Å². The molecule has 0 aliphatic heterocycles. The van der Waals surface area contributed by atoms with Gasteiger partial charge in [-0.25, -0.2) is 0 Å². The zero-order valence-corrected chi connectivity index (χ0v) is 27.6. The van der Waals surface area contributed by atoms with Gasteiger partial charge in [0.1, 0.15) is 11.2 Å². The van der Waals surface area contributed by atoms with Gasteiger partial charge in [0.2, 0.25) is 0 Å². The third kappa shape index (κ3) is 4.12. The predicted octanol–water partition coefficient (Wildman–Crippen LogP) is 13.1. The number of aromatic nitrogens is 2. The molecule has 3 heterocycles. The summed E-state index contributed by atoms with van der Waals surface area (Å²) in [4.78, 5) is 0. The lowest BCUT2D eigenvalue weighted by Crippen LogP contribution is -1.95. The topological polar surface area (TPSA) is 23.0 Å². The van der Waals surface area contributed by atoms with Crippen molar-refractivity contribution in [1.82, 2.24) is 9.13 Å². The molecule has 11 aromatic rings. The zero-order valence-electron chi connectivity index (χ0n) is 27.6. The summed E-state index contributed by atoms with van der Waals surface area (Å²) in [5.74, 6) is 0. The van der Waals surface area contributed by atoms with E-state index < -0.39 is 0 Å². The molecule has 11 rings (SSSR count). The first-order valence-electron chi connectivity index (χ1n) is 17.4. The Bertz CT molecular complexity index is 3130. The molecule has 0 unspecified atom stereocenters. The number of furan rings is 1. The van der Waals surface area contributed by atoms with Crippen molar-refractivity contribution in [2.45, 2.75) is 0 Å². The van der Waals surface area contributed by atoms with Crippen LogP contribution in [0.4, 0.5) is 0 Å². The van der Waals surface area contributed by atoms with Gasteiger partial charge in [-0.1, -0.05) is 115 Å². The number of fused-ring (bicyclic) bond motifs is 9. The molecule has 0 amide bonds. The molecule has 0 saturated carbocycles. The summed E-state index contributed by atoms with van der Waals surface area (Å²) in [5.41, 5.74) is 13.4. The van der Waals surface area contributed by atoms with Crippen molar-refractivity contribution in [1.29, 1.82) is 0 Å². The Morgan fingerprint density at radius 2 is 0.922 bits per heavy atom. The minimum absolute atomic E-state index is 0.884. The molecule has 0 aliphatic carbocycles. The Kier molecular flexibility index (Phi) is 5.96. The van der Waals surface area contributed by atoms with E-state index in [4.69, 9.17) is 4.42 Å². The number of hydrogen-bond donors (Lipinski definition) is 0. The van der Waals surface area contributed by atoms with Crippen LogP contribution in [0.5, 0.6) is 0 Å². The van der Waals surface area contributed by atoms with Gasteiger partial charge in [0.15, 0.2) is 0 Å². The van der Waals surface area contributed by atoms with Gasteiger partial charge in [-0.2, -0.15) is 0 Å². The highest BCUT2D eigenvalue weighted by molar-refractivity contribution is 6.18. The molecule has 8 aromatic carbocycles. The van der Waals surface area contributed by atoms with Crippen LogP contribution in [0.1, 0.15) is 0 Å². The summed E-state index contributed by atoms with van der Waals surface area (Å²) < 4.78 is 11.5. The average molecular weight is 651 g/mol. The van der Waals surface area contributed by atoms with Crippen LogP contribution in [0.15, 0.2) is 186 Å².